The second kappa shape index (κ2) is 11.5. The van der Waals surface area contributed by atoms with Crippen LogP contribution in [0.2, 0.25) is 0 Å². The molecule has 3 aliphatic rings. The summed E-state index contributed by atoms with van der Waals surface area (Å²) in [6.45, 7) is -5.37. The van der Waals surface area contributed by atoms with E-state index >= 15 is 8.78 Å². The highest BCUT2D eigenvalue weighted by Crippen LogP contribution is 2.59. The second-order valence-corrected chi connectivity index (χ2v) is 18.2. The first kappa shape index (κ1) is 31.4. The zero-order valence-corrected chi connectivity index (χ0v) is 26.7. The van der Waals surface area contributed by atoms with Gasteiger partial charge in [-0.1, -0.05) is 12.2 Å². The molecule has 4 aromatic heterocycles. The second-order valence-electron chi connectivity index (χ2n) is 10.2. The molecule has 17 nitrogen and oxygen atoms in total. The Labute approximate surface area is 266 Å². The zero-order valence-electron chi connectivity index (χ0n) is 22.4. The van der Waals surface area contributed by atoms with Crippen LogP contribution < -0.4 is 17.0 Å². The van der Waals surface area contributed by atoms with E-state index in [0.717, 1.165) is 0 Å². The van der Waals surface area contributed by atoms with Crippen molar-refractivity contribution in [3.8, 4) is 0 Å². The molecule has 6 N–H and O–H groups in total. The summed E-state index contributed by atoms with van der Waals surface area (Å²) in [6, 6.07) is 1.54. The van der Waals surface area contributed by atoms with Crippen molar-refractivity contribution in [3.05, 3.63) is 35.3 Å². The maximum Gasteiger partial charge on any atom is 0.325 e. The Balaban J connectivity index is 1.21. The van der Waals surface area contributed by atoms with Gasteiger partial charge in [0, 0.05) is 6.20 Å². The fourth-order valence-corrected chi connectivity index (χ4v) is 8.68. The van der Waals surface area contributed by atoms with Crippen molar-refractivity contribution in [1.29, 1.82) is 0 Å². The SMILES string of the molecule is Nc1nc2c(ncn2[C@@H]2O[C@@H]3COP(O)(=S)O[C@H]4[C@H](F)[C@H](n5cnc6c(N)ccnc65)O[C@@H]4COP(=S)(S)O[C@@H]2[C@@H]3F)c(=O)[nH]1. The van der Waals surface area contributed by atoms with Gasteiger partial charge in [0.05, 0.1) is 31.6 Å². The number of halogens is 2. The van der Waals surface area contributed by atoms with E-state index in [2.05, 4.69) is 37.2 Å². The summed E-state index contributed by atoms with van der Waals surface area (Å²) in [7, 11) is 0. The minimum atomic E-state index is -4.26. The maximum atomic E-state index is 16.1. The Hall–Kier alpha value is -2.20. The van der Waals surface area contributed by atoms with Crippen LogP contribution in [-0.2, 0) is 51.2 Å². The zero-order chi connectivity index (χ0) is 31.8. The quantitative estimate of drug-likeness (QED) is 0.146. The van der Waals surface area contributed by atoms with E-state index in [4.69, 9.17) is 62.6 Å². The molecule has 10 atom stereocenters. The number of hydrogen-bond donors (Lipinski definition) is 5. The Morgan fingerprint density at radius 1 is 0.956 bits per heavy atom. The third kappa shape index (κ3) is 5.70. The topological polar surface area (TPSA) is 222 Å². The molecule has 45 heavy (non-hydrogen) atoms. The minimum Gasteiger partial charge on any atom is -0.397 e. The molecule has 4 aromatic rings. The Morgan fingerprint density at radius 3 is 2.42 bits per heavy atom. The van der Waals surface area contributed by atoms with Crippen molar-refractivity contribution in [3.63, 3.8) is 0 Å². The third-order valence-electron chi connectivity index (χ3n) is 7.34. The molecule has 0 spiro atoms. The lowest BCUT2D eigenvalue weighted by molar-refractivity contribution is -0.0555. The van der Waals surface area contributed by atoms with Crippen molar-refractivity contribution in [2.45, 2.75) is 49.2 Å². The molecule has 0 aliphatic carbocycles. The summed E-state index contributed by atoms with van der Waals surface area (Å²) < 4.78 is 69.1. The van der Waals surface area contributed by atoms with Crippen molar-refractivity contribution in [1.82, 2.24) is 34.1 Å². The highest BCUT2D eigenvalue weighted by molar-refractivity contribution is 8.60. The van der Waals surface area contributed by atoms with Crippen LogP contribution in [0.3, 0.4) is 0 Å². The number of H-pyrrole nitrogens is 1. The minimum absolute atomic E-state index is 0.0285. The molecule has 242 valence electrons. The average molecular weight is 726 g/mol. The standard InChI is InChI=1S/C21H23F2N9O8P2S3/c22-10-8-3-35-41(34,43)39-14-9(38-19(11(14)23)31-5-27-12-7(24)1-2-26-16(12)31)4-36-42(44,45)40-15(10)20(37-8)32-6-28-13-17(32)29-21(25)30-18(13)33/h1-2,5-6,8-11,14-15,19-20H,3-4H2,(H2,24,26)(H,34,43)(H,44,45)(H3,25,29,30,33)/t8-,9-,10-,11+,14-,15-,19-,20-,41?/m1/s1. The number of fused-ring (bicyclic) bond motifs is 5. The number of nitrogens with two attached hydrogens (primary N) is 2. The number of aromatic nitrogens is 7. The number of ether oxygens (including phenoxy) is 2. The molecule has 0 aromatic carbocycles. The van der Waals surface area contributed by atoms with Gasteiger partial charge in [0.2, 0.25) is 11.6 Å². The van der Waals surface area contributed by atoms with E-state index in [9.17, 15) is 9.69 Å². The number of thiol groups is 1. The number of rotatable bonds is 2. The Bertz CT molecular complexity index is 1950. The van der Waals surface area contributed by atoms with Crippen LogP contribution in [0.25, 0.3) is 22.3 Å². The van der Waals surface area contributed by atoms with Gasteiger partial charge in [-0.2, -0.15) is 4.98 Å². The first-order valence-corrected chi connectivity index (χ1v) is 19.4. The van der Waals surface area contributed by atoms with Gasteiger partial charge < -0.3 is 39.4 Å². The van der Waals surface area contributed by atoms with E-state index in [1.807, 2.05) is 0 Å². The predicted octanol–water partition coefficient (Wildman–Crippen LogP) is 1.39. The van der Waals surface area contributed by atoms with Crippen molar-refractivity contribution >= 4 is 82.2 Å². The number of hydrogen-bond acceptors (Lipinski definition) is 15. The summed E-state index contributed by atoms with van der Waals surface area (Å²) >= 11 is 15.0. The lowest BCUT2D eigenvalue weighted by Crippen LogP contribution is -2.34. The molecule has 7 rings (SSSR count). The van der Waals surface area contributed by atoms with Crippen LogP contribution in [0, 0.1) is 0 Å². The number of alkyl halides is 2. The lowest BCUT2D eigenvalue weighted by Gasteiger charge is -2.28. The highest BCUT2D eigenvalue weighted by Gasteiger charge is 2.53. The number of nitrogen functional groups attached to an aromatic ring is 2. The molecule has 24 heteroatoms. The van der Waals surface area contributed by atoms with Crippen LogP contribution >= 0.6 is 24.7 Å². The van der Waals surface area contributed by atoms with Gasteiger partial charge in [0.1, 0.15) is 29.9 Å². The maximum absolute atomic E-state index is 16.1. The van der Waals surface area contributed by atoms with Crippen LogP contribution in [-0.4, -0.2) is 88.9 Å². The first-order valence-electron chi connectivity index (χ1n) is 13.0. The predicted molar refractivity (Wildman–Crippen MR) is 164 cm³/mol. The largest absolute Gasteiger partial charge is 0.397 e. The molecule has 3 aliphatic heterocycles. The van der Waals surface area contributed by atoms with E-state index in [-0.39, 0.29) is 22.8 Å². The van der Waals surface area contributed by atoms with Gasteiger partial charge >= 0.3 is 6.72 Å². The molecule has 0 saturated carbocycles. The Morgan fingerprint density at radius 2 is 1.64 bits per heavy atom. The Kier molecular flexibility index (Phi) is 8.02. The monoisotopic (exact) mass is 725 g/mol. The van der Waals surface area contributed by atoms with E-state index in [0.29, 0.717) is 11.2 Å². The smallest absolute Gasteiger partial charge is 0.325 e. The summed E-state index contributed by atoms with van der Waals surface area (Å²) in [5.41, 5.74) is 8.14. The van der Waals surface area contributed by atoms with Gasteiger partial charge in [0.15, 0.2) is 41.6 Å². The van der Waals surface area contributed by atoms with Crippen LogP contribution in [0.4, 0.5) is 20.4 Å². The number of nitrogens with zero attached hydrogens (tertiary/aromatic N) is 6. The molecule has 3 fully saturated rings. The van der Waals surface area contributed by atoms with Gasteiger partial charge in [-0.15, -0.1) is 0 Å². The number of pyridine rings is 1. The molecule has 3 saturated heterocycles. The van der Waals surface area contributed by atoms with Crippen LogP contribution in [0.15, 0.2) is 29.7 Å². The number of aromatic amines is 1. The first-order chi connectivity index (χ1) is 21.3. The molecule has 2 unspecified atom stereocenters. The van der Waals surface area contributed by atoms with Gasteiger partial charge in [-0.05, 0) is 29.7 Å². The van der Waals surface area contributed by atoms with Gasteiger partial charge in [0.25, 0.3) is 5.56 Å². The average Bonchev–Trinajstić information content (AvgIpc) is 3.72. The normalized spacial score (nSPS) is 37.7. The molecule has 0 radical (unpaired) electrons. The lowest BCUT2D eigenvalue weighted by atomic mass is 10.1. The van der Waals surface area contributed by atoms with Crippen molar-refractivity contribution < 1.29 is 41.2 Å². The van der Waals surface area contributed by atoms with Gasteiger partial charge in [-0.25, -0.2) is 23.7 Å². The van der Waals surface area contributed by atoms with Crippen LogP contribution in [0.5, 0.6) is 0 Å². The molecular formula is C21H23F2N9O8P2S3. The number of anilines is 2. The molecule has 0 amide bonds. The van der Waals surface area contributed by atoms with E-state index in [1.165, 1.54) is 34.1 Å². The highest BCUT2D eigenvalue weighted by atomic mass is 32.9. The van der Waals surface area contributed by atoms with Crippen molar-refractivity contribution in [2.75, 3.05) is 24.7 Å². The summed E-state index contributed by atoms with van der Waals surface area (Å²) in [6.07, 6.45) is -8.37. The summed E-state index contributed by atoms with van der Waals surface area (Å²) in [4.78, 5) is 42.1. The molecule has 2 bridgehead atoms. The summed E-state index contributed by atoms with van der Waals surface area (Å²) in [5.74, 6) is -0.220. The van der Waals surface area contributed by atoms with Crippen molar-refractivity contribution in [2.24, 2.45) is 0 Å². The number of imidazole rings is 2. The summed E-state index contributed by atoms with van der Waals surface area (Å²) in [5, 5.41) is 0. The van der Waals surface area contributed by atoms with Crippen LogP contribution in [0.1, 0.15) is 12.5 Å². The fraction of sp³-hybridized carbons (Fsp3) is 0.476. The fourth-order valence-electron chi connectivity index (χ4n) is 5.32. The molecular weight excluding hydrogens is 702 g/mol. The molecule has 7 heterocycles. The van der Waals surface area contributed by atoms with E-state index in [1.54, 1.807) is 0 Å². The third-order valence-corrected chi connectivity index (χ3v) is 11.1. The number of nitrogens with one attached hydrogen (secondary N) is 1. The van der Waals surface area contributed by atoms with Gasteiger partial charge in [-0.3, -0.25) is 23.4 Å². The van der Waals surface area contributed by atoms with E-state index < -0.39 is 80.4 Å².